The highest BCUT2D eigenvalue weighted by atomic mass is 16.5. The second kappa shape index (κ2) is 8.48. The summed E-state index contributed by atoms with van der Waals surface area (Å²) in [5, 5.41) is 3.50. The van der Waals surface area contributed by atoms with Crippen molar-refractivity contribution in [3.05, 3.63) is 0 Å². The second-order valence-electron chi connectivity index (χ2n) is 4.94. The topological polar surface area (TPSA) is 41.6 Å². The van der Waals surface area contributed by atoms with E-state index in [1.165, 1.54) is 12.8 Å². The largest absolute Gasteiger partial charge is 0.465 e. The molecule has 0 bridgehead atoms. The molecule has 0 aromatic heterocycles. The minimum absolute atomic E-state index is 0.0563. The molecule has 2 unspecified atom stereocenters. The molecule has 2 atom stereocenters. The van der Waals surface area contributed by atoms with Crippen LogP contribution >= 0.6 is 0 Å². The zero-order valence-corrected chi connectivity index (χ0v) is 12.1. The van der Waals surface area contributed by atoms with Crippen molar-refractivity contribution >= 4 is 5.97 Å². The van der Waals surface area contributed by atoms with Gasteiger partial charge in [0.15, 0.2) is 0 Å². The van der Waals surface area contributed by atoms with Crippen LogP contribution in [0, 0.1) is 0 Å². The Morgan fingerprint density at radius 1 is 1.44 bits per heavy atom. The van der Waals surface area contributed by atoms with Gasteiger partial charge in [-0.15, -0.1) is 0 Å². The van der Waals surface area contributed by atoms with Crippen LogP contribution in [-0.2, 0) is 9.53 Å². The normalized spacial score (nSPS) is 21.2. The first-order chi connectivity index (χ1) is 8.72. The van der Waals surface area contributed by atoms with E-state index in [-0.39, 0.29) is 12.0 Å². The van der Waals surface area contributed by atoms with E-state index in [0.717, 1.165) is 32.5 Å². The minimum Gasteiger partial charge on any atom is -0.465 e. The van der Waals surface area contributed by atoms with Gasteiger partial charge in [0.2, 0.25) is 0 Å². The zero-order valence-electron chi connectivity index (χ0n) is 12.1. The highest BCUT2D eigenvalue weighted by molar-refractivity contribution is 5.75. The molecule has 1 rings (SSSR count). The molecule has 0 aromatic rings. The summed E-state index contributed by atoms with van der Waals surface area (Å²) in [6.45, 7) is 9.56. The maximum absolute atomic E-state index is 12.0. The predicted molar refractivity (Wildman–Crippen MR) is 73.6 cm³/mol. The van der Waals surface area contributed by atoms with Crippen molar-refractivity contribution in [2.45, 2.75) is 58.5 Å². The molecule has 0 aromatic carbocycles. The first-order valence-electron chi connectivity index (χ1n) is 7.36. The first-order valence-corrected chi connectivity index (χ1v) is 7.36. The highest BCUT2D eigenvalue weighted by Gasteiger charge is 2.28. The minimum atomic E-state index is -0.0673. The first kappa shape index (κ1) is 15.4. The van der Waals surface area contributed by atoms with Crippen LogP contribution in [0.3, 0.4) is 0 Å². The molecule has 0 spiro atoms. The van der Waals surface area contributed by atoms with E-state index in [1.807, 2.05) is 6.92 Å². The molecule has 1 heterocycles. The summed E-state index contributed by atoms with van der Waals surface area (Å²) in [7, 11) is 0. The molecular weight excluding hydrogens is 228 g/mol. The number of nitrogens with zero attached hydrogens (tertiary/aromatic N) is 1. The average molecular weight is 256 g/mol. The number of ether oxygens (including phenoxy) is 1. The predicted octanol–water partition coefficient (Wildman–Crippen LogP) is 1.79. The van der Waals surface area contributed by atoms with Crippen LogP contribution in [0.25, 0.3) is 0 Å². The van der Waals surface area contributed by atoms with Crippen molar-refractivity contribution in [3.63, 3.8) is 0 Å². The summed E-state index contributed by atoms with van der Waals surface area (Å²) in [6.07, 6.45) is 4.37. The zero-order chi connectivity index (χ0) is 13.4. The lowest BCUT2D eigenvalue weighted by Crippen LogP contribution is -2.47. The number of esters is 1. The monoisotopic (exact) mass is 256 g/mol. The van der Waals surface area contributed by atoms with Crippen molar-refractivity contribution in [2.75, 3.05) is 26.2 Å². The smallest absolute Gasteiger partial charge is 0.323 e. The Balaban J connectivity index is 2.57. The molecule has 0 amide bonds. The van der Waals surface area contributed by atoms with Crippen molar-refractivity contribution in [2.24, 2.45) is 0 Å². The Hall–Kier alpha value is -0.610. The van der Waals surface area contributed by atoms with E-state index in [2.05, 4.69) is 24.1 Å². The SMILES string of the molecule is CCCC(C(=O)OCC)N(CC)CC1CCCN1. The fourth-order valence-electron chi connectivity index (χ4n) is 2.63. The summed E-state index contributed by atoms with van der Waals surface area (Å²) >= 11 is 0. The molecule has 4 nitrogen and oxygen atoms in total. The van der Waals surface area contributed by atoms with E-state index in [9.17, 15) is 4.79 Å². The Morgan fingerprint density at radius 3 is 2.72 bits per heavy atom. The Kier molecular flexibility index (Phi) is 7.28. The van der Waals surface area contributed by atoms with Gasteiger partial charge in [0.25, 0.3) is 0 Å². The van der Waals surface area contributed by atoms with Gasteiger partial charge in [0.1, 0.15) is 6.04 Å². The number of hydrogen-bond acceptors (Lipinski definition) is 4. The molecule has 0 radical (unpaired) electrons. The molecule has 1 fully saturated rings. The van der Waals surface area contributed by atoms with Gasteiger partial charge in [-0.1, -0.05) is 20.3 Å². The average Bonchev–Trinajstić information content (AvgIpc) is 2.86. The molecule has 0 aliphatic carbocycles. The molecule has 1 aliphatic heterocycles. The molecular formula is C14H28N2O2. The number of nitrogens with one attached hydrogen (secondary N) is 1. The lowest BCUT2D eigenvalue weighted by atomic mass is 10.1. The third-order valence-corrected chi connectivity index (χ3v) is 3.59. The Morgan fingerprint density at radius 2 is 2.22 bits per heavy atom. The van der Waals surface area contributed by atoms with Crippen molar-refractivity contribution < 1.29 is 9.53 Å². The van der Waals surface area contributed by atoms with E-state index in [0.29, 0.717) is 12.6 Å². The van der Waals surface area contributed by atoms with Crippen LogP contribution in [0.5, 0.6) is 0 Å². The summed E-state index contributed by atoms with van der Waals surface area (Å²) in [5.41, 5.74) is 0. The number of rotatable bonds is 8. The van der Waals surface area contributed by atoms with Crippen LogP contribution in [0.4, 0.5) is 0 Å². The Bertz CT molecular complexity index is 240. The van der Waals surface area contributed by atoms with Crippen molar-refractivity contribution in [1.82, 2.24) is 10.2 Å². The fraction of sp³-hybridized carbons (Fsp3) is 0.929. The summed E-state index contributed by atoms with van der Waals surface area (Å²) in [5.74, 6) is -0.0563. The van der Waals surface area contributed by atoms with Gasteiger partial charge in [-0.25, -0.2) is 0 Å². The van der Waals surface area contributed by atoms with Gasteiger partial charge in [0.05, 0.1) is 6.61 Å². The summed E-state index contributed by atoms with van der Waals surface area (Å²) < 4.78 is 5.20. The van der Waals surface area contributed by atoms with Crippen LogP contribution in [-0.4, -0.2) is 49.2 Å². The van der Waals surface area contributed by atoms with Gasteiger partial charge >= 0.3 is 5.97 Å². The van der Waals surface area contributed by atoms with Gasteiger partial charge in [0, 0.05) is 12.6 Å². The van der Waals surface area contributed by atoms with Gasteiger partial charge in [-0.05, 0) is 39.3 Å². The maximum atomic E-state index is 12.0. The van der Waals surface area contributed by atoms with Crippen LogP contribution < -0.4 is 5.32 Å². The summed E-state index contributed by atoms with van der Waals surface area (Å²) in [4.78, 5) is 14.3. The van der Waals surface area contributed by atoms with Gasteiger partial charge in [-0.3, -0.25) is 9.69 Å². The second-order valence-corrected chi connectivity index (χ2v) is 4.94. The van der Waals surface area contributed by atoms with Crippen LogP contribution in [0.1, 0.15) is 46.5 Å². The van der Waals surface area contributed by atoms with Crippen LogP contribution in [0.2, 0.25) is 0 Å². The number of likely N-dealkylation sites (N-methyl/N-ethyl adjacent to an activating group) is 1. The molecule has 4 heteroatoms. The molecule has 1 aliphatic rings. The Labute approximate surface area is 111 Å². The lowest BCUT2D eigenvalue weighted by molar-refractivity contribution is -0.150. The molecule has 1 N–H and O–H groups in total. The quantitative estimate of drug-likeness (QED) is 0.672. The maximum Gasteiger partial charge on any atom is 0.323 e. The van der Waals surface area contributed by atoms with Crippen molar-refractivity contribution in [1.29, 1.82) is 0 Å². The van der Waals surface area contributed by atoms with Gasteiger partial charge < -0.3 is 10.1 Å². The van der Waals surface area contributed by atoms with Crippen molar-refractivity contribution in [3.8, 4) is 0 Å². The van der Waals surface area contributed by atoms with Gasteiger partial charge in [-0.2, -0.15) is 0 Å². The van der Waals surface area contributed by atoms with E-state index in [1.54, 1.807) is 0 Å². The molecule has 0 saturated carbocycles. The third-order valence-electron chi connectivity index (χ3n) is 3.59. The van der Waals surface area contributed by atoms with E-state index >= 15 is 0 Å². The standard InChI is InChI=1S/C14H28N2O2/c1-4-8-13(14(17)18-6-3)16(5-2)11-12-9-7-10-15-12/h12-13,15H,4-11H2,1-3H3. The third kappa shape index (κ3) is 4.58. The molecule has 1 saturated heterocycles. The highest BCUT2D eigenvalue weighted by Crippen LogP contribution is 2.13. The molecule has 18 heavy (non-hydrogen) atoms. The number of hydrogen-bond donors (Lipinski definition) is 1. The number of carbonyl (C=O) groups is 1. The lowest BCUT2D eigenvalue weighted by Gasteiger charge is -2.31. The van der Waals surface area contributed by atoms with Crippen LogP contribution in [0.15, 0.2) is 0 Å². The fourth-order valence-corrected chi connectivity index (χ4v) is 2.63. The van der Waals surface area contributed by atoms with E-state index in [4.69, 9.17) is 4.74 Å². The molecule has 106 valence electrons. The summed E-state index contributed by atoms with van der Waals surface area (Å²) in [6, 6.07) is 0.473. The van der Waals surface area contributed by atoms with E-state index < -0.39 is 0 Å². The number of carbonyl (C=O) groups excluding carboxylic acids is 1.